The normalized spacial score (nSPS) is 11.6. The van der Waals surface area contributed by atoms with Gasteiger partial charge in [-0.05, 0) is 30.2 Å². The van der Waals surface area contributed by atoms with E-state index < -0.39 is 12.1 Å². The molecule has 0 aliphatic carbocycles. The Balaban J connectivity index is 1.74. The molecule has 144 valence electrons. The molecule has 0 N–H and O–H groups in total. The number of nitrogens with zero attached hydrogens (tertiary/aromatic N) is 2. The van der Waals surface area contributed by atoms with Crippen LogP contribution in [0.25, 0.3) is 0 Å². The van der Waals surface area contributed by atoms with E-state index in [1.165, 1.54) is 0 Å². The third kappa shape index (κ3) is 4.88. The van der Waals surface area contributed by atoms with Crippen molar-refractivity contribution in [1.82, 2.24) is 9.47 Å². The number of esters is 1. The van der Waals surface area contributed by atoms with Crippen LogP contribution in [-0.4, -0.2) is 27.4 Å². The maximum atomic E-state index is 13.1. The van der Waals surface area contributed by atoms with E-state index in [4.69, 9.17) is 4.74 Å². The van der Waals surface area contributed by atoms with E-state index in [2.05, 4.69) is 0 Å². The van der Waals surface area contributed by atoms with Crippen LogP contribution in [0.3, 0.4) is 0 Å². The summed E-state index contributed by atoms with van der Waals surface area (Å²) in [7, 11) is 1.76. The lowest BCUT2D eigenvalue weighted by Crippen LogP contribution is -2.39. The van der Waals surface area contributed by atoms with Gasteiger partial charge in [0.15, 0.2) is 6.10 Å². The summed E-state index contributed by atoms with van der Waals surface area (Å²) < 4.78 is 7.11. The zero-order valence-electron chi connectivity index (χ0n) is 16.1. The van der Waals surface area contributed by atoms with Crippen LogP contribution in [0.1, 0.15) is 28.5 Å². The van der Waals surface area contributed by atoms with Crippen LogP contribution >= 0.6 is 0 Å². The Morgan fingerprint density at radius 3 is 1.89 bits per heavy atom. The van der Waals surface area contributed by atoms with Crippen molar-refractivity contribution in [3.8, 4) is 0 Å². The first kappa shape index (κ1) is 19.4. The predicted molar refractivity (Wildman–Crippen MR) is 107 cm³/mol. The molecule has 0 unspecified atom stereocenters. The molecule has 1 heterocycles. The Kier molecular flexibility index (Phi) is 6.27. The number of carbonyl (C=O) groups excluding carboxylic acids is 2. The summed E-state index contributed by atoms with van der Waals surface area (Å²) >= 11 is 0. The summed E-state index contributed by atoms with van der Waals surface area (Å²) in [6, 6.07) is 23.0. The van der Waals surface area contributed by atoms with E-state index in [-0.39, 0.29) is 5.91 Å². The highest BCUT2D eigenvalue weighted by molar-refractivity contribution is 5.91. The summed E-state index contributed by atoms with van der Waals surface area (Å²) in [5.74, 6) is -0.733. The number of aromatic nitrogens is 1. The van der Waals surface area contributed by atoms with E-state index >= 15 is 0 Å². The quantitative estimate of drug-likeness (QED) is 0.590. The molecule has 5 nitrogen and oxygen atoms in total. The van der Waals surface area contributed by atoms with Gasteiger partial charge in [0.25, 0.3) is 5.91 Å². The Morgan fingerprint density at radius 2 is 1.43 bits per heavy atom. The van der Waals surface area contributed by atoms with Crippen LogP contribution in [-0.2, 0) is 29.7 Å². The fourth-order valence-electron chi connectivity index (χ4n) is 3.02. The Morgan fingerprint density at radius 1 is 0.893 bits per heavy atom. The number of amides is 1. The molecule has 1 atom stereocenters. The molecule has 0 bridgehead atoms. The van der Waals surface area contributed by atoms with Gasteiger partial charge in [-0.15, -0.1) is 0 Å². The lowest BCUT2D eigenvalue weighted by atomic mass is 10.1. The van der Waals surface area contributed by atoms with E-state index in [9.17, 15) is 9.59 Å². The second-order valence-electron chi connectivity index (χ2n) is 6.72. The van der Waals surface area contributed by atoms with Crippen LogP contribution < -0.4 is 0 Å². The van der Waals surface area contributed by atoms with Crippen LogP contribution in [0.4, 0.5) is 0 Å². The van der Waals surface area contributed by atoms with Gasteiger partial charge in [-0.1, -0.05) is 60.7 Å². The lowest BCUT2D eigenvalue weighted by Gasteiger charge is -2.26. The van der Waals surface area contributed by atoms with Crippen LogP contribution in [0, 0.1) is 0 Å². The molecule has 1 aromatic heterocycles. The van der Waals surface area contributed by atoms with Crippen molar-refractivity contribution in [3.63, 3.8) is 0 Å². The fraction of sp³-hybridized carbons (Fsp3) is 0.217. The minimum absolute atomic E-state index is 0.227. The molecule has 28 heavy (non-hydrogen) atoms. The largest absolute Gasteiger partial charge is 0.448 e. The second kappa shape index (κ2) is 9.04. The number of aryl methyl sites for hydroxylation is 1. The molecule has 0 aliphatic heterocycles. The van der Waals surface area contributed by atoms with E-state index in [0.29, 0.717) is 18.8 Å². The Bertz CT molecular complexity index is 878. The average molecular weight is 376 g/mol. The monoisotopic (exact) mass is 376 g/mol. The number of hydrogen-bond acceptors (Lipinski definition) is 3. The van der Waals surface area contributed by atoms with Gasteiger partial charge in [-0.2, -0.15) is 0 Å². The summed E-state index contributed by atoms with van der Waals surface area (Å²) in [6.45, 7) is 2.51. The molecule has 0 aliphatic rings. The van der Waals surface area contributed by atoms with Crippen molar-refractivity contribution in [1.29, 1.82) is 0 Å². The third-order valence-electron chi connectivity index (χ3n) is 4.53. The van der Waals surface area contributed by atoms with Gasteiger partial charge in [0.2, 0.25) is 0 Å². The zero-order valence-corrected chi connectivity index (χ0v) is 16.1. The van der Waals surface area contributed by atoms with Crippen molar-refractivity contribution in [2.45, 2.75) is 26.1 Å². The first-order valence-corrected chi connectivity index (χ1v) is 9.23. The highest BCUT2D eigenvalue weighted by atomic mass is 16.5. The molecule has 3 rings (SSSR count). The van der Waals surface area contributed by atoms with Crippen molar-refractivity contribution in [3.05, 3.63) is 95.8 Å². The van der Waals surface area contributed by atoms with Gasteiger partial charge in [0.05, 0.1) is 0 Å². The molecule has 1 amide bonds. The molecule has 3 aromatic rings. The van der Waals surface area contributed by atoms with Gasteiger partial charge < -0.3 is 14.2 Å². The number of ether oxygens (including phenoxy) is 1. The van der Waals surface area contributed by atoms with E-state index in [1.54, 1.807) is 41.8 Å². The maximum Gasteiger partial charge on any atom is 0.355 e. The average Bonchev–Trinajstić information content (AvgIpc) is 3.14. The molecular formula is C23H24N2O3. The van der Waals surface area contributed by atoms with Gasteiger partial charge in [0, 0.05) is 26.3 Å². The van der Waals surface area contributed by atoms with Gasteiger partial charge in [-0.3, -0.25) is 4.79 Å². The number of carbonyl (C=O) groups is 2. The molecule has 0 radical (unpaired) electrons. The minimum Gasteiger partial charge on any atom is -0.448 e. The summed E-state index contributed by atoms with van der Waals surface area (Å²) in [5, 5.41) is 0. The lowest BCUT2D eigenvalue weighted by molar-refractivity contribution is -0.141. The van der Waals surface area contributed by atoms with Crippen molar-refractivity contribution in [2.75, 3.05) is 0 Å². The van der Waals surface area contributed by atoms with Crippen molar-refractivity contribution >= 4 is 11.9 Å². The molecule has 2 aromatic carbocycles. The third-order valence-corrected chi connectivity index (χ3v) is 4.53. The number of hydrogen-bond donors (Lipinski definition) is 0. The highest BCUT2D eigenvalue weighted by Gasteiger charge is 2.25. The Labute approximate surface area is 165 Å². The molecular weight excluding hydrogens is 352 g/mol. The number of benzene rings is 2. The standard InChI is InChI=1S/C23H24N2O3/c1-18(28-23(27)21-14-9-15-24(21)2)22(26)25(16-19-10-5-3-6-11-19)17-20-12-7-4-8-13-20/h3-15,18H,16-17H2,1-2H3/t18-/m1/s1. The summed E-state index contributed by atoms with van der Waals surface area (Å²) in [6.07, 6.45) is 0.884. The minimum atomic E-state index is -0.880. The molecule has 0 saturated carbocycles. The van der Waals surface area contributed by atoms with Gasteiger partial charge in [-0.25, -0.2) is 4.79 Å². The summed E-state index contributed by atoms with van der Waals surface area (Å²) in [4.78, 5) is 27.2. The van der Waals surface area contributed by atoms with Crippen molar-refractivity contribution < 1.29 is 14.3 Å². The van der Waals surface area contributed by atoms with E-state index in [1.807, 2.05) is 60.7 Å². The summed E-state index contributed by atoms with van der Waals surface area (Å²) in [5.41, 5.74) is 2.46. The highest BCUT2D eigenvalue weighted by Crippen LogP contribution is 2.14. The molecule has 0 saturated heterocycles. The zero-order chi connectivity index (χ0) is 19.9. The maximum absolute atomic E-state index is 13.1. The van der Waals surface area contributed by atoms with Crippen LogP contribution in [0.5, 0.6) is 0 Å². The smallest absolute Gasteiger partial charge is 0.355 e. The van der Waals surface area contributed by atoms with Crippen LogP contribution in [0.2, 0.25) is 0 Å². The van der Waals surface area contributed by atoms with Gasteiger partial charge in [0.1, 0.15) is 5.69 Å². The first-order chi connectivity index (χ1) is 13.5. The second-order valence-corrected chi connectivity index (χ2v) is 6.72. The molecule has 0 spiro atoms. The SMILES string of the molecule is C[C@@H](OC(=O)c1cccn1C)C(=O)N(Cc1ccccc1)Cc1ccccc1. The van der Waals surface area contributed by atoms with Gasteiger partial charge >= 0.3 is 5.97 Å². The molecule has 5 heteroatoms. The first-order valence-electron chi connectivity index (χ1n) is 9.23. The Hall–Kier alpha value is -3.34. The predicted octanol–water partition coefficient (Wildman–Crippen LogP) is 3.80. The molecule has 0 fully saturated rings. The number of rotatable bonds is 7. The topological polar surface area (TPSA) is 51.5 Å². The fourth-order valence-corrected chi connectivity index (χ4v) is 3.02. The van der Waals surface area contributed by atoms with E-state index in [0.717, 1.165) is 11.1 Å². The van der Waals surface area contributed by atoms with Crippen LogP contribution in [0.15, 0.2) is 79.0 Å². The van der Waals surface area contributed by atoms with Crippen molar-refractivity contribution in [2.24, 2.45) is 7.05 Å².